The van der Waals surface area contributed by atoms with Crippen molar-refractivity contribution in [3.63, 3.8) is 0 Å². The van der Waals surface area contributed by atoms with Crippen LogP contribution in [0.15, 0.2) is 72.8 Å². The summed E-state index contributed by atoms with van der Waals surface area (Å²) < 4.78 is 99.2. The highest BCUT2D eigenvalue weighted by atomic mass is 19.4. The number of benzene rings is 3. The van der Waals surface area contributed by atoms with Gasteiger partial charge in [-0.25, -0.2) is 0 Å². The summed E-state index contributed by atoms with van der Waals surface area (Å²) in [6.07, 6.45) is -4.08. The maximum Gasteiger partial charge on any atom is 0.416 e. The van der Waals surface area contributed by atoms with Crippen LogP contribution in [0.4, 0.5) is 30.7 Å². The number of amides is 1. The van der Waals surface area contributed by atoms with Crippen molar-refractivity contribution < 1.29 is 45.0 Å². The molecule has 5 nitrogen and oxygen atoms in total. The van der Waals surface area contributed by atoms with Crippen LogP contribution in [0.2, 0.25) is 0 Å². The number of hydrogen-bond donors (Lipinski definition) is 2. The zero-order valence-corrected chi connectivity index (χ0v) is 20.5. The molecule has 3 aromatic carbocycles. The number of carbonyl (C=O) groups excluding carboxylic acids is 1. The lowest BCUT2D eigenvalue weighted by Crippen LogP contribution is -2.38. The largest absolute Gasteiger partial charge is 0.431 e. The lowest BCUT2D eigenvalue weighted by molar-refractivity contribution is -0.137. The van der Waals surface area contributed by atoms with E-state index in [0.717, 1.165) is 24.3 Å². The summed E-state index contributed by atoms with van der Waals surface area (Å²) in [5.41, 5.74) is 0.614. The Hall–Kier alpha value is -3.80. The van der Waals surface area contributed by atoms with Gasteiger partial charge in [-0.2, -0.15) is 30.7 Å². The van der Waals surface area contributed by atoms with Crippen molar-refractivity contribution in [2.75, 3.05) is 7.05 Å². The van der Waals surface area contributed by atoms with Gasteiger partial charge in [0.2, 0.25) is 5.91 Å². The van der Waals surface area contributed by atoms with Crippen molar-refractivity contribution in [1.29, 1.82) is 0 Å². The molecule has 2 N–H and O–H groups in total. The van der Waals surface area contributed by atoms with Crippen molar-refractivity contribution in [2.24, 2.45) is 0 Å². The van der Waals surface area contributed by atoms with Crippen LogP contribution in [0.5, 0.6) is 11.5 Å². The second kappa shape index (κ2) is 13.3. The maximum atomic E-state index is 13.0. The molecule has 0 unspecified atom stereocenters. The van der Waals surface area contributed by atoms with Crippen molar-refractivity contribution in [1.82, 2.24) is 10.6 Å². The minimum atomic E-state index is -4.50. The highest BCUT2D eigenvalue weighted by Crippen LogP contribution is 2.35. The highest BCUT2D eigenvalue weighted by Gasteiger charge is 2.30. The van der Waals surface area contributed by atoms with Crippen LogP contribution < -0.4 is 20.1 Å². The first-order valence-corrected chi connectivity index (χ1v) is 11.7. The molecule has 3 rings (SSSR count). The topological polar surface area (TPSA) is 59.6 Å². The second-order valence-electron chi connectivity index (χ2n) is 8.37. The van der Waals surface area contributed by atoms with E-state index < -0.39 is 54.5 Å². The molecular weight excluding hydrogens is 533 g/mol. The third kappa shape index (κ3) is 8.60. The van der Waals surface area contributed by atoms with Gasteiger partial charge in [-0.1, -0.05) is 48.5 Å². The Morgan fingerprint density at radius 1 is 0.821 bits per heavy atom. The van der Waals surface area contributed by atoms with Crippen LogP contribution in [0.25, 0.3) is 0 Å². The predicted molar refractivity (Wildman–Crippen MR) is 129 cm³/mol. The molecule has 3 aromatic rings. The Bertz CT molecular complexity index is 1210. The minimum absolute atomic E-state index is 0.189. The third-order valence-electron chi connectivity index (χ3n) is 5.81. The number of rotatable bonds is 12. The van der Waals surface area contributed by atoms with Gasteiger partial charge in [-0.15, -0.1) is 0 Å². The normalized spacial score (nSPS) is 13.3. The molecule has 0 saturated heterocycles. The molecule has 12 heteroatoms. The molecule has 1 amide bonds. The number of alkyl halides is 7. The molecule has 0 bridgehead atoms. The molecule has 0 spiro atoms. The van der Waals surface area contributed by atoms with Crippen LogP contribution in [0.1, 0.15) is 40.8 Å². The number of likely N-dealkylation sites (N-methyl/N-ethyl adjacent to an activating group) is 1. The number of nitrogens with one attached hydrogen (secondary N) is 2. The summed E-state index contributed by atoms with van der Waals surface area (Å²) in [4.78, 5) is 12.8. The van der Waals surface area contributed by atoms with E-state index in [-0.39, 0.29) is 12.8 Å². The van der Waals surface area contributed by atoms with Crippen LogP contribution in [-0.2, 0) is 17.4 Å². The Labute approximate surface area is 219 Å². The molecule has 0 radical (unpaired) electrons. The smallest absolute Gasteiger partial charge is 0.416 e. The average molecular weight is 558 g/mol. The van der Waals surface area contributed by atoms with Gasteiger partial charge in [0.25, 0.3) is 0 Å². The lowest BCUT2D eigenvalue weighted by Gasteiger charge is -2.26. The number of hydrogen-bond acceptors (Lipinski definition) is 4. The van der Waals surface area contributed by atoms with Gasteiger partial charge in [0.05, 0.1) is 5.56 Å². The molecule has 0 aliphatic heterocycles. The van der Waals surface area contributed by atoms with Gasteiger partial charge in [-0.05, 0) is 53.8 Å². The molecule has 39 heavy (non-hydrogen) atoms. The van der Waals surface area contributed by atoms with E-state index in [1.54, 1.807) is 30.3 Å². The Morgan fingerprint density at radius 3 is 2.00 bits per heavy atom. The van der Waals surface area contributed by atoms with Crippen LogP contribution >= 0.6 is 0 Å². The van der Waals surface area contributed by atoms with E-state index >= 15 is 0 Å². The Balaban J connectivity index is 1.97. The predicted octanol–water partition coefficient (Wildman–Crippen LogP) is 6.66. The van der Waals surface area contributed by atoms with Crippen molar-refractivity contribution in [3.8, 4) is 11.5 Å². The molecule has 0 saturated carbocycles. The second-order valence-corrected chi connectivity index (χ2v) is 8.37. The van der Waals surface area contributed by atoms with Crippen molar-refractivity contribution in [2.45, 2.75) is 44.3 Å². The van der Waals surface area contributed by atoms with Gasteiger partial charge in [0, 0.05) is 13.1 Å². The molecule has 0 aliphatic rings. The molecular formula is C27H25F7N2O3. The SMILES string of the molecule is CNC(=O)[C@H](N[C@@H](CCc1ccc(C(F)(F)F)cc1)c1ccc(OC(F)F)c(OC(F)F)c1)c1ccccc1. The molecule has 2 atom stereocenters. The fraction of sp³-hybridized carbons (Fsp3) is 0.296. The summed E-state index contributed by atoms with van der Waals surface area (Å²) in [6, 6.07) is 14.9. The highest BCUT2D eigenvalue weighted by molar-refractivity contribution is 5.83. The fourth-order valence-electron chi connectivity index (χ4n) is 3.95. The first-order valence-electron chi connectivity index (χ1n) is 11.7. The van der Waals surface area contributed by atoms with Crippen molar-refractivity contribution in [3.05, 3.63) is 95.1 Å². The van der Waals surface area contributed by atoms with E-state index in [4.69, 9.17) is 0 Å². The average Bonchev–Trinajstić information content (AvgIpc) is 2.89. The van der Waals surface area contributed by atoms with E-state index in [1.807, 2.05) is 0 Å². The first kappa shape index (κ1) is 29.8. The van der Waals surface area contributed by atoms with Gasteiger partial charge in [0.15, 0.2) is 11.5 Å². The summed E-state index contributed by atoms with van der Waals surface area (Å²) in [5.74, 6) is -1.66. The van der Waals surface area contributed by atoms with Gasteiger partial charge in [-0.3, -0.25) is 10.1 Å². The van der Waals surface area contributed by atoms with Crippen LogP contribution in [0, 0.1) is 0 Å². The first-order chi connectivity index (χ1) is 18.5. The monoisotopic (exact) mass is 558 g/mol. The standard InChI is InChI=1S/C27H25F7N2O3/c1-35-24(37)23(17-5-3-2-4-6-17)36-20(13-9-16-7-11-19(12-8-16)27(32,33)34)18-10-14-21(38-25(28)29)22(15-18)39-26(30)31/h2-8,10-12,14-15,20,23,25-26,36H,9,13H2,1H3,(H,35,37)/t20-,23+/m0/s1. The summed E-state index contributed by atoms with van der Waals surface area (Å²) in [5, 5.41) is 5.71. The summed E-state index contributed by atoms with van der Waals surface area (Å²) in [7, 11) is 1.43. The summed E-state index contributed by atoms with van der Waals surface area (Å²) >= 11 is 0. The lowest BCUT2D eigenvalue weighted by atomic mass is 9.95. The van der Waals surface area contributed by atoms with Crippen LogP contribution in [0.3, 0.4) is 0 Å². The minimum Gasteiger partial charge on any atom is -0.431 e. The van der Waals surface area contributed by atoms with E-state index in [0.29, 0.717) is 16.7 Å². The molecule has 0 fully saturated rings. The molecule has 0 heterocycles. The zero-order valence-electron chi connectivity index (χ0n) is 20.5. The van der Waals surface area contributed by atoms with Gasteiger partial charge < -0.3 is 14.8 Å². The van der Waals surface area contributed by atoms with Crippen LogP contribution in [-0.4, -0.2) is 26.2 Å². The van der Waals surface area contributed by atoms with Gasteiger partial charge in [0.1, 0.15) is 6.04 Å². The van der Waals surface area contributed by atoms with E-state index in [2.05, 4.69) is 20.1 Å². The van der Waals surface area contributed by atoms with Gasteiger partial charge >= 0.3 is 19.4 Å². The van der Waals surface area contributed by atoms with Crippen molar-refractivity contribution >= 4 is 5.91 Å². The maximum absolute atomic E-state index is 13.0. The molecule has 0 aromatic heterocycles. The fourth-order valence-corrected chi connectivity index (χ4v) is 3.95. The number of halogens is 7. The molecule has 210 valence electrons. The Kier molecular flexibility index (Phi) is 10.2. The molecule has 0 aliphatic carbocycles. The number of aryl methyl sites for hydroxylation is 1. The Morgan fingerprint density at radius 2 is 1.44 bits per heavy atom. The zero-order chi connectivity index (χ0) is 28.6. The van der Waals surface area contributed by atoms with E-state index in [1.165, 1.54) is 25.2 Å². The number of ether oxygens (including phenoxy) is 2. The summed E-state index contributed by atoms with van der Waals surface area (Å²) in [6.45, 7) is -6.62. The van der Waals surface area contributed by atoms with E-state index in [9.17, 15) is 35.5 Å². The third-order valence-corrected chi connectivity index (χ3v) is 5.81. The number of carbonyl (C=O) groups is 1. The quantitative estimate of drug-likeness (QED) is 0.244.